The van der Waals surface area contributed by atoms with Crippen molar-refractivity contribution in [2.45, 2.75) is 52.2 Å². The normalized spacial score (nSPS) is 13.5. The summed E-state index contributed by atoms with van der Waals surface area (Å²) in [7, 11) is 0. The van der Waals surface area contributed by atoms with Crippen LogP contribution in [0.2, 0.25) is 0 Å². The van der Waals surface area contributed by atoms with E-state index in [1.54, 1.807) is 6.20 Å². The third kappa shape index (κ3) is 2.84. The van der Waals surface area contributed by atoms with E-state index in [4.69, 9.17) is 0 Å². The quantitative estimate of drug-likeness (QED) is 0.783. The molecule has 0 fully saturated rings. The van der Waals surface area contributed by atoms with Crippen LogP contribution in [0.3, 0.4) is 0 Å². The van der Waals surface area contributed by atoms with Gasteiger partial charge in [0.2, 0.25) is 0 Å². The zero-order valence-electron chi connectivity index (χ0n) is 9.27. The molecule has 0 aliphatic carbocycles. The highest BCUT2D eigenvalue weighted by Crippen LogP contribution is 2.12. The number of hydrogen-bond acceptors (Lipinski definition) is 2. The van der Waals surface area contributed by atoms with Gasteiger partial charge in [0.05, 0.1) is 6.10 Å². The molecule has 1 aromatic heterocycles. The van der Waals surface area contributed by atoms with E-state index in [9.17, 15) is 5.11 Å². The van der Waals surface area contributed by atoms with E-state index in [1.807, 2.05) is 10.8 Å². The van der Waals surface area contributed by atoms with Crippen LogP contribution in [0, 0.1) is 0 Å². The van der Waals surface area contributed by atoms with Crippen LogP contribution in [0.1, 0.15) is 45.4 Å². The molecule has 0 saturated carbocycles. The first-order valence-corrected chi connectivity index (χ1v) is 5.34. The van der Waals surface area contributed by atoms with Gasteiger partial charge in [-0.05, 0) is 6.42 Å². The predicted octanol–water partition coefficient (Wildman–Crippen LogP) is 2.17. The first-order chi connectivity index (χ1) is 6.65. The molecule has 0 amide bonds. The standard InChI is InChI=1S/C11H20N2O/c1-4-5-10(14)8-13-7-6-12-11(13)9(2)3/h6-7,9-10,14H,4-5,8H2,1-3H3. The highest BCUT2D eigenvalue weighted by Gasteiger charge is 2.10. The monoisotopic (exact) mass is 196 g/mol. The zero-order chi connectivity index (χ0) is 10.6. The van der Waals surface area contributed by atoms with Crippen LogP contribution in [0.25, 0.3) is 0 Å². The molecule has 0 spiro atoms. The van der Waals surface area contributed by atoms with E-state index in [-0.39, 0.29) is 6.10 Å². The van der Waals surface area contributed by atoms with Gasteiger partial charge in [-0.15, -0.1) is 0 Å². The number of aliphatic hydroxyl groups excluding tert-OH is 1. The van der Waals surface area contributed by atoms with Crippen LogP contribution in [0.15, 0.2) is 12.4 Å². The lowest BCUT2D eigenvalue weighted by atomic mass is 10.2. The maximum absolute atomic E-state index is 9.68. The van der Waals surface area contributed by atoms with Gasteiger partial charge in [0.1, 0.15) is 5.82 Å². The van der Waals surface area contributed by atoms with Gasteiger partial charge in [0.15, 0.2) is 0 Å². The van der Waals surface area contributed by atoms with Crippen LogP contribution < -0.4 is 0 Å². The average molecular weight is 196 g/mol. The second kappa shape index (κ2) is 5.15. The van der Waals surface area contributed by atoms with Gasteiger partial charge < -0.3 is 9.67 Å². The fraction of sp³-hybridized carbons (Fsp3) is 0.727. The van der Waals surface area contributed by atoms with E-state index < -0.39 is 0 Å². The Balaban J connectivity index is 2.61. The van der Waals surface area contributed by atoms with Gasteiger partial charge in [-0.1, -0.05) is 27.2 Å². The molecule has 0 radical (unpaired) electrons. The van der Waals surface area contributed by atoms with E-state index in [1.165, 1.54) is 0 Å². The van der Waals surface area contributed by atoms with Crippen LogP contribution >= 0.6 is 0 Å². The molecule has 80 valence electrons. The number of aromatic nitrogens is 2. The van der Waals surface area contributed by atoms with Crippen LogP contribution in [0.4, 0.5) is 0 Å². The molecule has 0 aromatic carbocycles. The number of rotatable bonds is 5. The molecule has 0 saturated heterocycles. The molecule has 14 heavy (non-hydrogen) atoms. The smallest absolute Gasteiger partial charge is 0.111 e. The molecule has 1 N–H and O–H groups in total. The number of imidazole rings is 1. The summed E-state index contributed by atoms with van der Waals surface area (Å²) in [5.74, 6) is 1.47. The van der Waals surface area contributed by atoms with Crippen LogP contribution in [-0.2, 0) is 6.54 Å². The van der Waals surface area contributed by atoms with Crippen LogP contribution in [-0.4, -0.2) is 20.8 Å². The Morgan fingerprint density at radius 1 is 1.50 bits per heavy atom. The van der Waals surface area contributed by atoms with Crippen molar-refractivity contribution in [2.24, 2.45) is 0 Å². The lowest BCUT2D eigenvalue weighted by Gasteiger charge is -2.14. The minimum absolute atomic E-state index is 0.244. The molecule has 1 aromatic rings. The van der Waals surface area contributed by atoms with E-state index >= 15 is 0 Å². The van der Waals surface area contributed by atoms with E-state index in [0.717, 1.165) is 18.7 Å². The van der Waals surface area contributed by atoms with Gasteiger partial charge >= 0.3 is 0 Å². The lowest BCUT2D eigenvalue weighted by molar-refractivity contribution is 0.142. The molecule has 1 heterocycles. The SMILES string of the molecule is CCCC(O)Cn1ccnc1C(C)C. The molecule has 0 bridgehead atoms. The molecule has 1 atom stereocenters. The Labute approximate surface area is 85.8 Å². The van der Waals surface area contributed by atoms with Crippen molar-refractivity contribution in [3.63, 3.8) is 0 Å². The van der Waals surface area contributed by atoms with Crippen LogP contribution in [0.5, 0.6) is 0 Å². The molecule has 3 nitrogen and oxygen atoms in total. The molecular formula is C11H20N2O. The number of aliphatic hydroxyl groups is 1. The molecule has 3 heteroatoms. The Hall–Kier alpha value is -0.830. The molecule has 1 unspecified atom stereocenters. The summed E-state index contributed by atoms with van der Waals surface area (Å²) in [4.78, 5) is 4.28. The minimum atomic E-state index is -0.244. The van der Waals surface area contributed by atoms with Gasteiger partial charge in [-0.3, -0.25) is 0 Å². The van der Waals surface area contributed by atoms with Crippen molar-refractivity contribution >= 4 is 0 Å². The average Bonchev–Trinajstić information content (AvgIpc) is 2.52. The van der Waals surface area contributed by atoms with Crippen molar-refractivity contribution < 1.29 is 5.11 Å². The van der Waals surface area contributed by atoms with Crippen molar-refractivity contribution in [2.75, 3.05) is 0 Å². The molecule has 0 aliphatic rings. The summed E-state index contributed by atoms with van der Waals surface area (Å²) in [6.45, 7) is 6.98. The second-order valence-electron chi connectivity index (χ2n) is 4.04. The van der Waals surface area contributed by atoms with E-state index in [0.29, 0.717) is 12.5 Å². The molecular weight excluding hydrogens is 176 g/mol. The second-order valence-corrected chi connectivity index (χ2v) is 4.04. The summed E-state index contributed by atoms with van der Waals surface area (Å²) in [5, 5.41) is 9.68. The zero-order valence-corrected chi connectivity index (χ0v) is 9.27. The summed E-state index contributed by atoms with van der Waals surface area (Å²) >= 11 is 0. The first-order valence-electron chi connectivity index (χ1n) is 5.34. The Kier molecular flexibility index (Phi) is 4.14. The summed E-state index contributed by atoms with van der Waals surface area (Å²) in [6, 6.07) is 0. The number of hydrogen-bond donors (Lipinski definition) is 1. The summed E-state index contributed by atoms with van der Waals surface area (Å²) < 4.78 is 2.05. The van der Waals surface area contributed by atoms with Crippen molar-refractivity contribution in [3.05, 3.63) is 18.2 Å². The third-order valence-electron chi connectivity index (χ3n) is 2.29. The maximum atomic E-state index is 9.68. The van der Waals surface area contributed by atoms with Crippen molar-refractivity contribution in [1.29, 1.82) is 0 Å². The summed E-state index contributed by atoms with van der Waals surface area (Å²) in [6.07, 6.45) is 5.37. The first kappa shape index (κ1) is 11.2. The largest absolute Gasteiger partial charge is 0.391 e. The third-order valence-corrected chi connectivity index (χ3v) is 2.29. The number of nitrogens with zero attached hydrogens (tertiary/aromatic N) is 2. The van der Waals surface area contributed by atoms with Gasteiger partial charge in [0, 0.05) is 24.9 Å². The minimum Gasteiger partial charge on any atom is -0.391 e. The van der Waals surface area contributed by atoms with Crippen molar-refractivity contribution in [1.82, 2.24) is 9.55 Å². The fourth-order valence-electron chi connectivity index (χ4n) is 1.63. The highest BCUT2D eigenvalue weighted by molar-refractivity contribution is 4.97. The van der Waals surface area contributed by atoms with E-state index in [2.05, 4.69) is 25.8 Å². The van der Waals surface area contributed by atoms with Crippen molar-refractivity contribution in [3.8, 4) is 0 Å². The topological polar surface area (TPSA) is 38.0 Å². The fourth-order valence-corrected chi connectivity index (χ4v) is 1.63. The molecule has 1 rings (SSSR count). The maximum Gasteiger partial charge on any atom is 0.111 e. The lowest BCUT2D eigenvalue weighted by Crippen LogP contribution is -2.17. The Morgan fingerprint density at radius 3 is 2.79 bits per heavy atom. The summed E-state index contributed by atoms with van der Waals surface area (Å²) in [5.41, 5.74) is 0. The highest BCUT2D eigenvalue weighted by atomic mass is 16.3. The predicted molar refractivity (Wildman–Crippen MR) is 57.2 cm³/mol. The van der Waals surface area contributed by atoms with Gasteiger partial charge in [-0.25, -0.2) is 4.98 Å². The Bertz CT molecular complexity index is 268. The van der Waals surface area contributed by atoms with Gasteiger partial charge in [-0.2, -0.15) is 0 Å². The Morgan fingerprint density at radius 2 is 2.21 bits per heavy atom. The molecule has 0 aliphatic heterocycles. The van der Waals surface area contributed by atoms with Gasteiger partial charge in [0.25, 0.3) is 0 Å².